The molecular weight excluding hydrogens is 392 g/mol. The summed E-state index contributed by atoms with van der Waals surface area (Å²) in [6, 6.07) is 13.1. The predicted molar refractivity (Wildman–Crippen MR) is 120 cm³/mol. The Morgan fingerprint density at radius 1 is 1.10 bits per heavy atom. The Bertz CT molecular complexity index is 985. The zero-order chi connectivity index (χ0) is 22.4. The zero-order valence-corrected chi connectivity index (χ0v) is 18.8. The Balaban J connectivity index is 1.71. The minimum absolute atomic E-state index is 0.0834. The molecule has 0 saturated heterocycles. The van der Waals surface area contributed by atoms with Crippen LogP contribution in [0.5, 0.6) is 11.5 Å². The number of nitrogens with zero attached hydrogens (tertiary/aromatic N) is 4. The average molecular weight is 423 g/mol. The standard InChI is InChI=1S/C24H30N4O3/c1-17(2)12-13-31-22-11-8-20(14-23(22)30-5)24(29)27(4)18(3)19-6-9-21(10-7-19)28-16-25-15-26-28/h6-11,14-18H,12-13H2,1-5H3/t18-/m1/s1. The fourth-order valence-electron chi connectivity index (χ4n) is 3.17. The van der Waals surface area contributed by atoms with Crippen molar-refractivity contribution in [1.82, 2.24) is 19.7 Å². The number of carbonyl (C=O) groups is 1. The smallest absolute Gasteiger partial charge is 0.254 e. The topological polar surface area (TPSA) is 69.5 Å². The van der Waals surface area contributed by atoms with Crippen molar-refractivity contribution in [2.24, 2.45) is 5.92 Å². The molecule has 2 aromatic carbocycles. The molecule has 0 spiro atoms. The summed E-state index contributed by atoms with van der Waals surface area (Å²) in [4.78, 5) is 18.8. The molecular formula is C24H30N4O3. The number of benzene rings is 2. The number of hydrogen-bond acceptors (Lipinski definition) is 5. The highest BCUT2D eigenvalue weighted by atomic mass is 16.5. The predicted octanol–water partition coefficient (Wildman–Crippen LogP) is 4.53. The van der Waals surface area contributed by atoms with Crippen molar-refractivity contribution in [1.29, 1.82) is 0 Å². The van der Waals surface area contributed by atoms with Gasteiger partial charge in [-0.3, -0.25) is 4.79 Å². The first-order valence-electron chi connectivity index (χ1n) is 10.4. The summed E-state index contributed by atoms with van der Waals surface area (Å²) in [6.07, 6.45) is 4.11. The number of aromatic nitrogens is 3. The summed E-state index contributed by atoms with van der Waals surface area (Å²) >= 11 is 0. The molecule has 0 fully saturated rings. The fraction of sp³-hybridized carbons (Fsp3) is 0.375. The molecule has 0 unspecified atom stereocenters. The molecule has 7 heteroatoms. The van der Waals surface area contributed by atoms with Crippen molar-refractivity contribution in [3.05, 3.63) is 66.2 Å². The lowest BCUT2D eigenvalue weighted by atomic mass is 10.1. The molecule has 1 heterocycles. The number of rotatable bonds is 9. The Hall–Kier alpha value is -3.35. The molecule has 0 radical (unpaired) electrons. The molecule has 7 nitrogen and oxygen atoms in total. The second-order valence-electron chi connectivity index (χ2n) is 7.92. The lowest BCUT2D eigenvalue weighted by Gasteiger charge is -2.26. The van der Waals surface area contributed by atoms with Gasteiger partial charge in [-0.1, -0.05) is 26.0 Å². The lowest BCUT2D eigenvalue weighted by Crippen LogP contribution is -2.29. The van der Waals surface area contributed by atoms with Gasteiger partial charge >= 0.3 is 0 Å². The van der Waals surface area contributed by atoms with E-state index in [1.165, 1.54) is 6.33 Å². The monoisotopic (exact) mass is 422 g/mol. The Morgan fingerprint density at radius 3 is 2.45 bits per heavy atom. The van der Waals surface area contributed by atoms with Gasteiger partial charge in [0.2, 0.25) is 0 Å². The van der Waals surface area contributed by atoms with Crippen LogP contribution in [0.15, 0.2) is 55.1 Å². The highest BCUT2D eigenvalue weighted by Gasteiger charge is 2.20. The van der Waals surface area contributed by atoms with E-state index >= 15 is 0 Å². The van der Waals surface area contributed by atoms with E-state index in [2.05, 4.69) is 23.9 Å². The van der Waals surface area contributed by atoms with Crippen molar-refractivity contribution in [2.45, 2.75) is 33.2 Å². The van der Waals surface area contributed by atoms with Gasteiger partial charge in [0.25, 0.3) is 5.91 Å². The Kier molecular flexibility index (Phi) is 7.28. The first-order valence-corrected chi connectivity index (χ1v) is 10.4. The van der Waals surface area contributed by atoms with Crippen LogP contribution in [0.25, 0.3) is 5.69 Å². The largest absolute Gasteiger partial charge is 0.493 e. The first-order chi connectivity index (χ1) is 14.9. The van der Waals surface area contributed by atoms with Crippen LogP contribution >= 0.6 is 0 Å². The highest BCUT2D eigenvalue weighted by molar-refractivity contribution is 5.95. The van der Waals surface area contributed by atoms with E-state index in [9.17, 15) is 4.79 Å². The highest BCUT2D eigenvalue weighted by Crippen LogP contribution is 2.30. The van der Waals surface area contributed by atoms with Crippen LogP contribution in [0.3, 0.4) is 0 Å². The third-order valence-corrected chi connectivity index (χ3v) is 5.32. The van der Waals surface area contributed by atoms with Gasteiger partial charge in [0.15, 0.2) is 11.5 Å². The maximum Gasteiger partial charge on any atom is 0.254 e. The van der Waals surface area contributed by atoms with Gasteiger partial charge in [-0.25, -0.2) is 9.67 Å². The summed E-state index contributed by atoms with van der Waals surface area (Å²) in [5.41, 5.74) is 2.50. The van der Waals surface area contributed by atoms with Crippen molar-refractivity contribution < 1.29 is 14.3 Å². The van der Waals surface area contributed by atoms with Gasteiger partial charge in [-0.15, -0.1) is 0 Å². The molecule has 3 aromatic rings. The minimum Gasteiger partial charge on any atom is -0.493 e. The Morgan fingerprint density at radius 2 is 1.84 bits per heavy atom. The summed E-state index contributed by atoms with van der Waals surface area (Å²) in [7, 11) is 3.39. The van der Waals surface area contributed by atoms with E-state index in [1.807, 2.05) is 31.2 Å². The van der Waals surface area contributed by atoms with E-state index in [-0.39, 0.29) is 11.9 Å². The summed E-state index contributed by atoms with van der Waals surface area (Å²) in [5.74, 6) is 1.69. The van der Waals surface area contributed by atoms with E-state index < -0.39 is 0 Å². The molecule has 3 rings (SSSR count). The van der Waals surface area contributed by atoms with Crippen LogP contribution < -0.4 is 9.47 Å². The number of carbonyl (C=O) groups excluding carboxylic acids is 1. The zero-order valence-electron chi connectivity index (χ0n) is 18.8. The molecule has 0 aliphatic heterocycles. The molecule has 0 N–H and O–H groups in total. The average Bonchev–Trinajstić information content (AvgIpc) is 3.32. The molecule has 1 atom stereocenters. The van der Waals surface area contributed by atoms with Gasteiger partial charge in [0.05, 0.1) is 25.4 Å². The number of amides is 1. The molecule has 0 aliphatic carbocycles. The van der Waals surface area contributed by atoms with Crippen LogP contribution in [0, 0.1) is 5.92 Å². The van der Waals surface area contributed by atoms with E-state index in [0.29, 0.717) is 29.6 Å². The van der Waals surface area contributed by atoms with E-state index in [4.69, 9.17) is 9.47 Å². The number of hydrogen-bond donors (Lipinski definition) is 0. The van der Waals surface area contributed by atoms with Crippen LogP contribution in [0.4, 0.5) is 0 Å². The van der Waals surface area contributed by atoms with Crippen LogP contribution in [0.1, 0.15) is 49.2 Å². The second-order valence-corrected chi connectivity index (χ2v) is 7.92. The molecule has 1 aromatic heterocycles. The summed E-state index contributed by atoms with van der Waals surface area (Å²) < 4.78 is 13.0. The van der Waals surface area contributed by atoms with Crippen molar-refractivity contribution in [3.63, 3.8) is 0 Å². The van der Waals surface area contributed by atoms with Crippen LogP contribution in [-0.4, -0.2) is 46.3 Å². The molecule has 0 bridgehead atoms. The van der Waals surface area contributed by atoms with Crippen LogP contribution in [-0.2, 0) is 0 Å². The normalized spacial score (nSPS) is 11.9. The third kappa shape index (κ3) is 5.42. The maximum atomic E-state index is 13.1. The fourth-order valence-corrected chi connectivity index (χ4v) is 3.17. The summed E-state index contributed by atoms with van der Waals surface area (Å²) in [5, 5.41) is 4.13. The minimum atomic E-state index is -0.106. The van der Waals surface area contributed by atoms with Crippen LogP contribution in [0.2, 0.25) is 0 Å². The van der Waals surface area contributed by atoms with Gasteiger partial charge in [-0.2, -0.15) is 5.10 Å². The van der Waals surface area contributed by atoms with Crippen molar-refractivity contribution in [3.8, 4) is 17.2 Å². The third-order valence-electron chi connectivity index (χ3n) is 5.32. The van der Waals surface area contributed by atoms with Crippen molar-refractivity contribution in [2.75, 3.05) is 20.8 Å². The number of methoxy groups -OCH3 is 1. The summed E-state index contributed by atoms with van der Waals surface area (Å²) in [6.45, 7) is 6.93. The molecule has 0 aliphatic rings. The second kappa shape index (κ2) is 10.1. The van der Waals surface area contributed by atoms with Gasteiger partial charge < -0.3 is 14.4 Å². The quantitative estimate of drug-likeness (QED) is 0.507. The van der Waals surface area contributed by atoms with E-state index in [1.54, 1.807) is 48.3 Å². The molecule has 0 saturated carbocycles. The molecule has 31 heavy (non-hydrogen) atoms. The SMILES string of the molecule is COc1cc(C(=O)N(C)[C@H](C)c2ccc(-n3cncn3)cc2)ccc1OCCC(C)C. The number of ether oxygens (including phenoxy) is 2. The maximum absolute atomic E-state index is 13.1. The van der Waals surface area contributed by atoms with Gasteiger partial charge in [0.1, 0.15) is 12.7 Å². The molecule has 1 amide bonds. The Labute approximate surface area is 183 Å². The molecule has 164 valence electrons. The van der Waals surface area contributed by atoms with E-state index in [0.717, 1.165) is 17.7 Å². The lowest BCUT2D eigenvalue weighted by molar-refractivity contribution is 0.0742. The van der Waals surface area contributed by atoms with Gasteiger partial charge in [-0.05, 0) is 55.2 Å². The first kappa shape index (κ1) is 22.3. The van der Waals surface area contributed by atoms with Crippen molar-refractivity contribution >= 4 is 5.91 Å². The van der Waals surface area contributed by atoms with Gasteiger partial charge in [0, 0.05) is 12.6 Å².